The van der Waals surface area contributed by atoms with Gasteiger partial charge in [-0.1, -0.05) is 12.2 Å². The van der Waals surface area contributed by atoms with Gasteiger partial charge in [0.25, 0.3) is 0 Å². The summed E-state index contributed by atoms with van der Waals surface area (Å²) in [4.78, 5) is 12.8. The van der Waals surface area contributed by atoms with Crippen molar-refractivity contribution in [3.05, 3.63) is 12.2 Å². The molecule has 0 aromatic rings. The summed E-state index contributed by atoms with van der Waals surface area (Å²) in [5.74, 6) is 0.694. The van der Waals surface area contributed by atoms with Crippen LogP contribution in [-0.4, -0.2) is 23.5 Å². The van der Waals surface area contributed by atoms with Crippen molar-refractivity contribution in [2.24, 2.45) is 11.7 Å². The third-order valence-electron chi connectivity index (χ3n) is 2.86. The maximum Gasteiger partial charge on any atom is 0.315 e. The van der Waals surface area contributed by atoms with Crippen molar-refractivity contribution in [1.82, 2.24) is 4.90 Å². The van der Waals surface area contributed by atoms with Crippen LogP contribution in [0.4, 0.5) is 4.79 Å². The summed E-state index contributed by atoms with van der Waals surface area (Å²) < 4.78 is 0. The van der Waals surface area contributed by atoms with Gasteiger partial charge in [-0.2, -0.15) is 0 Å². The number of nitrogens with two attached hydrogens (primary N) is 1. The molecule has 1 aliphatic heterocycles. The molecule has 2 aliphatic rings. The molecule has 0 aromatic carbocycles. The van der Waals surface area contributed by atoms with Crippen molar-refractivity contribution in [3.8, 4) is 0 Å². The third-order valence-corrected chi connectivity index (χ3v) is 2.86. The van der Waals surface area contributed by atoms with E-state index in [9.17, 15) is 4.79 Å². The molecule has 2 amide bonds. The van der Waals surface area contributed by atoms with Crippen LogP contribution in [-0.2, 0) is 0 Å². The zero-order valence-corrected chi connectivity index (χ0v) is 7.07. The first kappa shape index (κ1) is 7.65. The average molecular weight is 166 g/mol. The van der Waals surface area contributed by atoms with Crippen LogP contribution in [0.15, 0.2) is 12.2 Å². The second-order valence-corrected chi connectivity index (χ2v) is 3.63. The summed E-state index contributed by atoms with van der Waals surface area (Å²) in [7, 11) is 0. The molecule has 3 heteroatoms. The number of hydrogen-bond acceptors (Lipinski definition) is 1. The largest absolute Gasteiger partial charge is 0.351 e. The highest BCUT2D eigenvalue weighted by molar-refractivity contribution is 5.72. The number of rotatable bonds is 0. The standard InChI is InChI=1S/C9H14N2O/c10-9(12)11-5-4-7-2-1-3-8(11)6-7/h1-2,7-8H,3-6H2,(H2,10,12)/t7-,8+/m1/s1. The minimum Gasteiger partial charge on any atom is -0.351 e. The highest BCUT2D eigenvalue weighted by atomic mass is 16.2. The number of likely N-dealkylation sites (tertiary alicyclic amines) is 1. The second-order valence-electron chi connectivity index (χ2n) is 3.63. The van der Waals surface area contributed by atoms with Gasteiger partial charge in [-0.25, -0.2) is 4.79 Å². The molecule has 0 spiro atoms. The quantitative estimate of drug-likeness (QED) is 0.538. The van der Waals surface area contributed by atoms with Gasteiger partial charge in [0.1, 0.15) is 0 Å². The minimum absolute atomic E-state index is 0.256. The lowest BCUT2D eigenvalue weighted by atomic mass is 9.85. The smallest absolute Gasteiger partial charge is 0.315 e. The van der Waals surface area contributed by atoms with Crippen LogP contribution < -0.4 is 5.73 Å². The molecule has 2 rings (SSSR count). The molecule has 1 aliphatic carbocycles. The van der Waals surface area contributed by atoms with E-state index >= 15 is 0 Å². The Kier molecular flexibility index (Phi) is 1.79. The van der Waals surface area contributed by atoms with Crippen LogP contribution in [0.5, 0.6) is 0 Å². The molecule has 2 bridgehead atoms. The summed E-state index contributed by atoms with van der Waals surface area (Å²) in [6.45, 7) is 0.842. The van der Waals surface area contributed by atoms with Crippen molar-refractivity contribution in [2.75, 3.05) is 6.54 Å². The minimum atomic E-state index is -0.256. The van der Waals surface area contributed by atoms with Crippen molar-refractivity contribution < 1.29 is 4.79 Å². The van der Waals surface area contributed by atoms with E-state index in [-0.39, 0.29) is 6.03 Å². The van der Waals surface area contributed by atoms with Gasteiger partial charge < -0.3 is 10.6 Å². The number of fused-ring (bicyclic) bond motifs is 2. The summed E-state index contributed by atoms with van der Waals surface area (Å²) in [6, 6.07) is 0.125. The number of carbonyl (C=O) groups is 1. The Labute approximate surface area is 72.2 Å². The van der Waals surface area contributed by atoms with E-state index in [4.69, 9.17) is 5.73 Å². The average Bonchev–Trinajstić information content (AvgIpc) is 2.04. The molecule has 0 unspecified atom stereocenters. The van der Waals surface area contributed by atoms with Crippen LogP contribution in [0.25, 0.3) is 0 Å². The zero-order chi connectivity index (χ0) is 8.55. The van der Waals surface area contributed by atoms with Crippen LogP contribution in [0, 0.1) is 5.92 Å². The molecule has 0 aromatic heterocycles. The Balaban J connectivity index is 2.11. The van der Waals surface area contributed by atoms with E-state index < -0.39 is 0 Å². The van der Waals surface area contributed by atoms with Crippen LogP contribution in [0.1, 0.15) is 19.3 Å². The summed E-state index contributed by atoms with van der Waals surface area (Å²) in [5.41, 5.74) is 5.27. The molecule has 66 valence electrons. The predicted molar refractivity (Wildman–Crippen MR) is 46.6 cm³/mol. The lowest BCUT2D eigenvalue weighted by molar-refractivity contribution is 0.141. The van der Waals surface area contributed by atoms with Crippen molar-refractivity contribution in [3.63, 3.8) is 0 Å². The van der Waals surface area contributed by atoms with Crippen LogP contribution >= 0.6 is 0 Å². The first-order valence-corrected chi connectivity index (χ1v) is 4.50. The van der Waals surface area contributed by atoms with Gasteiger partial charge in [-0.05, 0) is 25.2 Å². The van der Waals surface area contributed by atoms with Gasteiger partial charge in [0.05, 0.1) is 0 Å². The molecule has 0 saturated carbocycles. The molecule has 1 heterocycles. The Morgan fingerprint density at radius 3 is 3.17 bits per heavy atom. The van der Waals surface area contributed by atoms with Gasteiger partial charge in [0.15, 0.2) is 0 Å². The fraction of sp³-hybridized carbons (Fsp3) is 0.667. The normalized spacial score (nSPS) is 33.5. The van der Waals surface area contributed by atoms with E-state index in [0.29, 0.717) is 12.0 Å². The molecular formula is C9H14N2O. The summed E-state index contributed by atoms with van der Waals surface area (Å²) in [6.07, 6.45) is 7.62. The summed E-state index contributed by atoms with van der Waals surface area (Å²) >= 11 is 0. The Hall–Kier alpha value is -0.990. The number of amides is 2. The molecule has 12 heavy (non-hydrogen) atoms. The monoisotopic (exact) mass is 166 g/mol. The number of carbonyl (C=O) groups excluding carboxylic acids is 1. The van der Waals surface area contributed by atoms with E-state index in [1.165, 1.54) is 0 Å². The Morgan fingerprint density at radius 2 is 2.42 bits per heavy atom. The first-order chi connectivity index (χ1) is 5.77. The van der Waals surface area contributed by atoms with Crippen molar-refractivity contribution >= 4 is 6.03 Å². The predicted octanol–water partition coefficient (Wildman–Crippen LogP) is 1.11. The van der Waals surface area contributed by atoms with Gasteiger partial charge in [-0.3, -0.25) is 0 Å². The third kappa shape index (κ3) is 1.19. The van der Waals surface area contributed by atoms with E-state index in [1.807, 2.05) is 0 Å². The number of hydrogen-bond donors (Lipinski definition) is 1. The molecule has 1 saturated heterocycles. The first-order valence-electron chi connectivity index (χ1n) is 4.50. The molecule has 3 nitrogen and oxygen atoms in total. The maximum absolute atomic E-state index is 11.0. The second kappa shape index (κ2) is 2.81. The van der Waals surface area contributed by atoms with Crippen LogP contribution in [0.2, 0.25) is 0 Å². The molecule has 2 atom stereocenters. The van der Waals surface area contributed by atoms with E-state index in [1.54, 1.807) is 4.90 Å². The number of primary amides is 1. The SMILES string of the molecule is NC(=O)N1CC[C@H]2C=CC[C@H]1C2. The fourth-order valence-corrected chi connectivity index (χ4v) is 2.20. The highest BCUT2D eigenvalue weighted by Crippen LogP contribution is 2.29. The van der Waals surface area contributed by atoms with Crippen molar-refractivity contribution in [1.29, 1.82) is 0 Å². The highest BCUT2D eigenvalue weighted by Gasteiger charge is 2.30. The van der Waals surface area contributed by atoms with E-state index in [0.717, 1.165) is 25.8 Å². The molecular weight excluding hydrogens is 152 g/mol. The van der Waals surface area contributed by atoms with Gasteiger partial charge in [0.2, 0.25) is 0 Å². The lowest BCUT2D eigenvalue weighted by Gasteiger charge is -2.39. The van der Waals surface area contributed by atoms with Gasteiger partial charge in [0, 0.05) is 12.6 Å². The molecule has 2 N–H and O–H groups in total. The molecule has 1 fully saturated rings. The number of urea groups is 1. The Morgan fingerprint density at radius 1 is 1.58 bits per heavy atom. The number of nitrogens with zero attached hydrogens (tertiary/aromatic N) is 1. The topological polar surface area (TPSA) is 46.3 Å². The van der Waals surface area contributed by atoms with Crippen molar-refractivity contribution in [2.45, 2.75) is 25.3 Å². The maximum atomic E-state index is 11.0. The van der Waals surface area contributed by atoms with Gasteiger partial charge >= 0.3 is 6.03 Å². The Bertz CT molecular complexity index is 225. The zero-order valence-electron chi connectivity index (χ0n) is 7.07. The summed E-state index contributed by atoms with van der Waals surface area (Å²) in [5, 5.41) is 0. The van der Waals surface area contributed by atoms with Gasteiger partial charge in [-0.15, -0.1) is 0 Å². The lowest BCUT2D eigenvalue weighted by Crippen LogP contribution is -2.49. The number of piperidine rings is 1. The molecule has 0 radical (unpaired) electrons. The fourth-order valence-electron chi connectivity index (χ4n) is 2.20. The number of allylic oxidation sites excluding steroid dienone is 1. The van der Waals surface area contributed by atoms with Crippen LogP contribution in [0.3, 0.4) is 0 Å². The van der Waals surface area contributed by atoms with E-state index in [2.05, 4.69) is 12.2 Å².